The van der Waals surface area contributed by atoms with Crippen LogP contribution in [0.3, 0.4) is 0 Å². The van der Waals surface area contributed by atoms with E-state index in [0.717, 1.165) is 29.6 Å². The van der Waals surface area contributed by atoms with Crippen molar-refractivity contribution in [3.05, 3.63) is 48.0 Å². The van der Waals surface area contributed by atoms with E-state index >= 15 is 0 Å². The van der Waals surface area contributed by atoms with Gasteiger partial charge in [0.1, 0.15) is 17.6 Å². The maximum Gasteiger partial charge on any atom is 0.166 e. The fourth-order valence-corrected chi connectivity index (χ4v) is 3.15. The molecule has 0 saturated carbocycles. The predicted octanol–water partition coefficient (Wildman–Crippen LogP) is 3.18. The minimum Gasteiger partial charge on any atom is -0.378 e. The highest BCUT2D eigenvalue weighted by Gasteiger charge is 2.23. The van der Waals surface area contributed by atoms with Gasteiger partial charge in [0, 0.05) is 12.6 Å². The number of hydrogen-bond acceptors (Lipinski definition) is 6. The van der Waals surface area contributed by atoms with Gasteiger partial charge in [-0.15, -0.1) is 0 Å². The van der Waals surface area contributed by atoms with Crippen LogP contribution in [0.2, 0.25) is 0 Å². The molecular formula is C20H28N6O. The lowest BCUT2D eigenvalue weighted by molar-refractivity contribution is 0.141. The topological polar surface area (TPSA) is 102 Å². The third-order valence-corrected chi connectivity index (χ3v) is 4.64. The van der Waals surface area contributed by atoms with Gasteiger partial charge in [0.2, 0.25) is 0 Å². The van der Waals surface area contributed by atoms with E-state index in [1.165, 1.54) is 0 Å². The largest absolute Gasteiger partial charge is 0.378 e. The van der Waals surface area contributed by atoms with Gasteiger partial charge in [-0.25, -0.2) is 15.0 Å². The number of aromatic nitrogens is 4. The van der Waals surface area contributed by atoms with Crippen LogP contribution in [-0.4, -0.2) is 30.9 Å². The van der Waals surface area contributed by atoms with Gasteiger partial charge >= 0.3 is 0 Å². The molecule has 4 N–H and O–H groups in total. The standard InChI is InChI=1S/C20H28N6O/c1-4-8-15(17(21)27)18-24-19(22-11-14-9-6-5-7-10-14)16-20(25-18)26(12-23-16)13(2)3/h5-7,9-10,12-13,15,17,27H,4,8,11,21H2,1-3H3,(H,22,24,25). The van der Waals surface area contributed by atoms with Crippen LogP contribution in [0, 0.1) is 0 Å². The number of aliphatic hydroxyl groups is 1. The van der Waals surface area contributed by atoms with Crippen molar-refractivity contribution in [3.8, 4) is 0 Å². The quantitative estimate of drug-likeness (QED) is 0.528. The molecule has 1 aromatic carbocycles. The smallest absolute Gasteiger partial charge is 0.166 e. The summed E-state index contributed by atoms with van der Waals surface area (Å²) in [7, 11) is 0. The monoisotopic (exact) mass is 368 g/mol. The minimum absolute atomic E-state index is 0.215. The molecule has 27 heavy (non-hydrogen) atoms. The first-order valence-electron chi connectivity index (χ1n) is 9.47. The Kier molecular flexibility index (Phi) is 6.03. The number of nitrogens with one attached hydrogen (secondary N) is 1. The van der Waals surface area contributed by atoms with E-state index in [1.54, 1.807) is 6.33 Å². The first kappa shape index (κ1) is 19.3. The van der Waals surface area contributed by atoms with Gasteiger partial charge in [-0.3, -0.25) is 0 Å². The summed E-state index contributed by atoms with van der Waals surface area (Å²) in [6.07, 6.45) is 2.39. The highest BCUT2D eigenvalue weighted by Crippen LogP contribution is 2.27. The Labute approximate surface area is 159 Å². The molecule has 2 atom stereocenters. The van der Waals surface area contributed by atoms with Gasteiger partial charge in [-0.05, 0) is 25.8 Å². The van der Waals surface area contributed by atoms with E-state index in [9.17, 15) is 5.11 Å². The summed E-state index contributed by atoms with van der Waals surface area (Å²) in [4.78, 5) is 13.9. The molecule has 2 unspecified atom stereocenters. The molecule has 0 bridgehead atoms. The van der Waals surface area contributed by atoms with Crippen molar-refractivity contribution < 1.29 is 5.11 Å². The summed E-state index contributed by atoms with van der Waals surface area (Å²) in [5.74, 6) is 0.907. The molecule has 0 saturated heterocycles. The average Bonchev–Trinajstić information content (AvgIpc) is 3.09. The van der Waals surface area contributed by atoms with Crippen molar-refractivity contribution in [3.63, 3.8) is 0 Å². The molecular weight excluding hydrogens is 340 g/mol. The van der Waals surface area contributed by atoms with Gasteiger partial charge in [0.05, 0.1) is 12.2 Å². The normalized spacial score (nSPS) is 13.9. The number of fused-ring (bicyclic) bond motifs is 1. The third-order valence-electron chi connectivity index (χ3n) is 4.64. The second-order valence-corrected chi connectivity index (χ2v) is 7.07. The van der Waals surface area contributed by atoms with Gasteiger partial charge < -0.3 is 20.7 Å². The van der Waals surface area contributed by atoms with E-state index in [-0.39, 0.29) is 12.0 Å². The summed E-state index contributed by atoms with van der Waals surface area (Å²) in [5, 5.41) is 13.4. The predicted molar refractivity (Wildman–Crippen MR) is 107 cm³/mol. The molecule has 0 aliphatic rings. The molecule has 0 aliphatic carbocycles. The molecule has 7 heteroatoms. The summed E-state index contributed by atoms with van der Waals surface area (Å²) in [6, 6.07) is 10.3. The zero-order valence-electron chi connectivity index (χ0n) is 16.1. The molecule has 7 nitrogen and oxygen atoms in total. The molecule has 0 fully saturated rings. The van der Waals surface area contributed by atoms with E-state index in [0.29, 0.717) is 18.2 Å². The lowest BCUT2D eigenvalue weighted by atomic mass is 10.0. The minimum atomic E-state index is -1.00. The number of aliphatic hydroxyl groups excluding tert-OH is 1. The van der Waals surface area contributed by atoms with E-state index in [1.807, 2.05) is 22.8 Å². The Morgan fingerprint density at radius 3 is 2.56 bits per heavy atom. The Morgan fingerprint density at radius 2 is 1.93 bits per heavy atom. The number of rotatable bonds is 8. The molecule has 3 rings (SSSR count). The van der Waals surface area contributed by atoms with Crippen LogP contribution < -0.4 is 11.1 Å². The van der Waals surface area contributed by atoms with Crippen LogP contribution in [-0.2, 0) is 6.54 Å². The van der Waals surface area contributed by atoms with Crippen molar-refractivity contribution in [2.75, 3.05) is 5.32 Å². The summed E-state index contributed by atoms with van der Waals surface area (Å²) in [6.45, 7) is 6.86. The second kappa shape index (κ2) is 8.45. The second-order valence-electron chi connectivity index (χ2n) is 7.07. The van der Waals surface area contributed by atoms with Crippen LogP contribution in [0.15, 0.2) is 36.7 Å². The van der Waals surface area contributed by atoms with Crippen molar-refractivity contribution in [2.24, 2.45) is 5.73 Å². The van der Waals surface area contributed by atoms with Crippen LogP contribution in [0.5, 0.6) is 0 Å². The zero-order chi connectivity index (χ0) is 19.4. The maximum atomic E-state index is 10.1. The number of anilines is 1. The third kappa shape index (κ3) is 4.26. The van der Waals surface area contributed by atoms with Gasteiger partial charge in [0.25, 0.3) is 0 Å². The van der Waals surface area contributed by atoms with Crippen molar-refractivity contribution in [1.29, 1.82) is 0 Å². The zero-order valence-corrected chi connectivity index (χ0v) is 16.1. The first-order chi connectivity index (χ1) is 13.0. The Hall–Kier alpha value is -2.51. The fourth-order valence-electron chi connectivity index (χ4n) is 3.15. The highest BCUT2D eigenvalue weighted by atomic mass is 16.3. The lowest BCUT2D eigenvalue weighted by Crippen LogP contribution is -2.29. The lowest BCUT2D eigenvalue weighted by Gasteiger charge is -2.19. The van der Waals surface area contributed by atoms with Gasteiger partial charge in [-0.2, -0.15) is 0 Å². The molecule has 0 amide bonds. The summed E-state index contributed by atoms with van der Waals surface area (Å²) < 4.78 is 2.01. The van der Waals surface area contributed by atoms with Crippen molar-refractivity contribution in [1.82, 2.24) is 19.5 Å². The Morgan fingerprint density at radius 1 is 1.19 bits per heavy atom. The molecule has 0 radical (unpaired) electrons. The number of hydrogen-bond donors (Lipinski definition) is 3. The van der Waals surface area contributed by atoms with Gasteiger partial charge in [-0.1, -0.05) is 43.7 Å². The molecule has 0 aliphatic heterocycles. The summed E-state index contributed by atoms with van der Waals surface area (Å²) >= 11 is 0. The molecule has 2 heterocycles. The van der Waals surface area contributed by atoms with E-state index in [2.05, 4.69) is 43.2 Å². The van der Waals surface area contributed by atoms with Crippen molar-refractivity contribution >= 4 is 17.0 Å². The van der Waals surface area contributed by atoms with Gasteiger partial charge in [0.15, 0.2) is 11.5 Å². The van der Waals surface area contributed by atoms with Crippen molar-refractivity contribution in [2.45, 2.75) is 58.3 Å². The molecule has 3 aromatic rings. The average molecular weight is 368 g/mol. The maximum absolute atomic E-state index is 10.1. The Balaban J connectivity index is 2.04. The Bertz CT molecular complexity index is 875. The summed E-state index contributed by atoms with van der Waals surface area (Å²) in [5.41, 5.74) is 8.45. The number of imidazole rings is 1. The number of benzene rings is 1. The molecule has 2 aromatic heterocycles. The van der Waals surface area contributed by atoms with Crippen LogP contribution >= 0.6 is 0 Å². The highest BCUT2D eigenvalue weighted by molar-refractivity contribution is 5.83. The first-order valence-corrected chi connectivity index (χ1v) is 9.47. The molecule has 144 valence electrons. The van der Waals surface area contributed by atoms with Crippen LogP contribution in [0.1, 0.15) is 57.0 Å². The van der Waals surface area contributed by atoms with E-state index < -0.39 is 6.23 Å². The number of nitrogens with zero attached hydrogens (tertiary/aromatic N) is 4. The van der Waals surface area contributed by atoms with Crippen LogP contribution in [0.25, 0.3) is 11.2 Å². The number of nitrogens with two attached hydrogens (primary N) is 1. The molecule has 0 spiro atoms. The fraction of sp³-hybridized carbons (Fsp3) is 0.450. The van der Waals surface area contributed by atoms with Crippen LogP contribution in [0.4, 0.5) is 5.82 Å². The SMILES string of the molecule is CCCC(c1nc(NCc2ccccc2)c2ncn(C(C)C)c2n1)C(N)O. The van der Waals surface area contributed by atoms with E-state index in [4.69, 9.17) is 15.7 Å².